The van der Waals surface area contributed by atoms with Crippen LogP contribution >= 0.6 is 0 Å². The summed E-state index contributed by atoms with van der Waals surface area (Å²) in [5, 5.41) is 8.95. The van der Waals surface area contributed by atoms with Crippen molar-refractivity contribution in [3.05, 3.63) is 29.8 Å². The van der Waals surface area contributed by atoms with Crippen LogP contribution in [0.1, 0.15) is 33.3 Å². The molecule has 0 saturated heterocycles. The molecule has 1 aliphatic heterocycles. The molecular weight excluding hydrogens is 226 g/mol. The van der Waals surface area contributed by atoms with Gasteiger partial charge in [-0.05, 0) is 18.1 Å². The maximum atomic E-state index is 10.9. The number of nitrogens with zero attached hydrogens (tertiary/aromatic N) is 1. The number of aliphatic carboxylic acids is 1. The zero-order valence-electron chi connectivity index (χ0n) is 12.1. The van der Waals surface area contributed by atoms with Gasteiger partial charge < -0.3 is 10.0 Å². The Bertz CT molecular complexity index is 363. The van der Waals surface area contributed by atoms with Gasteiger partial charge in [0.15, 0.2) is 0 Å². The number of carboxylic acids is 1. The number of carbonyl (C=O) groups is 1. The molecule has 0 spiro atoms. The molecule has 0 fully saturated rings. The first-order valence-corrected chi connectivity index (χ1v) is 6.70. The monoisotopic (exact) mass is 251 g/mol. The molecule has 1 aromatic carbocycles. The fraction of sp³-hybridized carbons (Fsp3) is 0.533. The highest BCUT2D eigenvalue weighted by Gasteiger charge is 2.26. The van der Waals surface area contributed by atoms with Gasteiger partial charge in [-0.25, -0.2) is 0 Å². The highest BCUT2D eigenvalue weighted by Crippen LogP contribution is 2.28. The molecule has 3 heteroatoms. The Morgan fingerprint density at radius 1 is 1.22 bits per heavy atom. The van der Waals surface area contributed by atoms with Crippen LogP contribution in [0.4, 0.5) is 5.69 Å². The molecule has 0 bridgehead atoms. The van der Waals surface area contributed by atoms with E-state index in [1.807, 2.05) is 63.9 Å². The van der Waals surface area contributed by atoms with Crippen molar-refractivity contribution in [2.45, 2.75) is 34.1 Å². The summed E-state index contributed by atoms with van der Waals surface area (Å²) in [6.45, 7) is 8.60. The lowest BCUT2D eigenvalue weighted by Crippen LogP contribution is -2.36. The van der Waals surface area contributed by atoms with Crippen LogP contribution in [0.2, 0.25) is 0 Å². The summed E-state index contributed by atoms with van der Waals surface area (Å²) >= 11 is 0. The van der Waals surface area contributed by atoms with E-state index in [0.29, 0.717) is 13.0 Å². The molecule has 1 aromatic rings. The van der Waals surface area contributed by atoms with Crippen LogP contribution < -0.4 is 4.90 Å². The van der Waals surface area contributed by atoms with Crippen LogP contribution in [0, 0.1) is 5.92 Å². The van der Waals surface area contributed by atoms with Gasteiger partial charge in [0, 0.05) is 19.3 Å². The molecule has 0 aliphatic carbocycles. The average Bonchev–Trinajstić information content (AvgIpc) is 2.43. The molecule has 1 atom stereocenters. The number of benzene rings is 1. The largest absolute Gasteiger partial charge is 0.481 e. The molecule has 1 aliphatic rings. The van der Waals surface area contributed by atoms with E-state index in [1.54, 1.807) is 0 Å². The van der Waals surface area contributed by atoms with Gasteiger partial charge in [-0.2, -0.15) is 0 Å². The van der Waals surface area contributed by atoms with E-state index in [4.69, 9.17) is 5.11 Å². The zero-order chi connectivity index (χ0) is 14.1. The van der Waals surface area contributed by atoms with Gasteiger partial charge in [-0.15, -0.1) is 0 Å². The smallest absolute Gasteiger partial charge is 0.308 e. The van der Waals surface area contributed by atoms with Gasteiger partial charge in [0.1, 0.15) is 0 Å². The Hall–Kier alpha value is -1.51. The minimum Gasteiger partial charge on any atom is -0.481 e. The summed E-state index contributed by atoms with van der Waals surface area (Å²) in [5.74, 6) is -0.971. The quantitative estimate of drug-likeness (QED) is 0.831. The van der Waals surface area contributed by atoms with E-state index in [0.717, 1.165) is 11.3 Å². The molecule has 0 aromatic heterocycles. The van der Waals surface area contributed by atoms with E-state index in [-0.39, 0.29) is 5.92 Å². The molecule has 2 rings (SSSR count). The van der Waals surface area contributed by atoms with Gasteiger partial charge in [-0.3, -0.25) is 4.79 Å². The fourth-order valence-corrected chi connectivity index (χ4v) is 1.98. The molecular formula is C15H25NO2. The number of para-hydroxylation sites is 1. The Labute approximate surface area is 110 Å². The first-order chi connectivity index (χ1) is 8.68. The van der Waals surface area contributed by atoms with Crippen molar-refractivity contribution in [3.63, 3.8) is 0 Å². The van der Waals surface area contributed by atoms with E-state index in [2.05, 4.69) is 0 Å². The fourth-order valence-electron chi connectivity index (χ4n) is 1.98. The average molecular weight is 251 g/mol. The zero-order valence-corrected chi connectivity index (χ0v) is 12.1. The standard InChI is InChI=1S/C11H13NO2.2C2H6/c1-12-7-9(11(13)14)6-8-4-2-3-5-10(8)12;2*1-2/h2-5,9H,6-7H2,1H3,(H,13,14);2*1-2H3. The van der Waals surface area contributed by atoms with E-state index in [9.17, 15) is 4.79 Å². The molecule has 3 nitrogen and oxygen atoms in total. The molecule has 0 amide bonds. The molecule has 0 radical (unpaired) electrons. The second-order valence-corrected chi connectivity index (χ2v) is 3.75. The van der Waals surface area contributed by atoms with Crippen LogP contribution in [0.3, 0.4) is 0 Å². The number of rotatable bonds is 1. The normalized spacial score (nSPS) is 16.5. The Kier molecular flexibility index (Phi) is 7.84. The first kappa shape index (κ1) is 16.5. The molecule has 18 heavy (non-hydrogen) atoms. The molecule has 1 unspecified atom stereocenters. The lowest BCUT2D eigenvalue weighted by Gasteiger charge is -2.31. The van der Waals surface area contributed by atoms with E-state index >= 15 is 0 Å². The minimum absolute atomic E-state index is 0.269. The number of hydrogen-bond acceptors (Lipinski definition) is 2. The highest BCUT2D eigenvalue weighted by molar-refractivity contribution is 5.73. The summed E-state index contributed by atoms with van der Waals surface area (Å²) in [5.41, 5.74) is 2.29. The van der Waals surface area contributed by atoms with Crippen LogP contribution in [0.5, 0.6) is 0 Å². The Balaban J connectivity index is 0.000000659. The Morgan fingerprint density at radius 2 is 1.78 bits per heavy atom. The maximum absolute atomic E-state index is 10.9. The predicted molar refractivity (Wildman–Crippen MR) is 77.2 cm³/mol. The predicted octanol–water partition coefficient (Wildman–Crippen LogP) is 3.43. The number of anilines is 1. The Morgan fingerprint density at radius 3 is 2.33 bits per heavy atom. The minimum atomic E-state index is -0.702. The second-order valence-electron chi connectivity index (χ2n) is 3.75. The number of fused-ring (bicyclic) bond motifs is 1. The van der Waals surface area contributed by atoms with Crippen molar-refractivity contribution in [1.82, 2.24) is 0 Å². The maximum Gasteiger partial charge on any atom is 0.308 e. The van der Waals surface area contributed by atoms with Gasteiger partial charge >= 0.3 is 5.97 Å². The van der Waals surface area contributed by atoms with Gasteiger partial charge in [0.2, 0.25) is 0 Å². The van der Waals surface area contributed by atoms with Crippen LogP contribution in [-0.2, 0) is 11.2 Å². The van der Waals surface area contributed by atoms with Gasteiger partial charge in [0.25, 0.3) is 0 Å². The summed E-state index contributed by atoms with van der Waals surface area (Å²) in [6, 6.07) is 7.97. The SMILES string of the molecule is CC.CC.CN1CC(C(=O)O)Cc2ccccc21. The third-order valence-corrected chi connectivity index (χ3v) is 2.71. The lowest BCUT2D eigenvalue weighted by molar-refractivity contribution is -0.141. The van der Waals surface area contributed by atoms with Crippen molar-refractivity contribution < 1.29 is 9.90 Å². The molecule has 1 N–H and O–H groups in total. The van der Waals surface area contributed by atoms with Crippen molar-refractivity contribution in [1.29, 1.82) is 0 Å². The summed E-state index contributed by atoms with van der Waals surface area (Å²) in [6.07, 6.45) is 0.649. The van der Waals surface area contributed by atoms with Crippen LogP contribution in [0.15, 0.2) is 24.3 Å². The van der Waals surface area contributed by atoms with E-state index < -0.39 is 5.97 Å². The number of hydrogen-bond donors (Lipinski definition) is 1. The molecule has 102 valence electrons. The third-order valence-electron chi connectivity index (χ3n) is 2.71. The summed E-state index contributed by atoms with van der Waals surface area (Å²) in [4.78, 5) is 12.9. The van der Waals surface area contributed by atoms with Crippen molar-refractivity contribution in [2.24, 2.45) is 5.92 Å². The van der Waals surface area contributed by atoms with Crippen LogP contribution in [-0.4, -0.2) is 24.7 Å². The molecule has 0 saturated carbocycles. The lowest BCUT2D eigenvalue weighted by atomic mass is 9.93. The van der Waals surface area contributed by atoms with Gasteiger partial charge in [-0.1, -0.05) is 45.9 Å². The summed E-state index contributed by atoms with van der Waals surface area (Å²) in [7, 11) is 1.94. The first-order valence-electron chi connectivity index (χ1n) is 6.70. The van der Waals surface area contributed by atoms with Crippen LogP contribution in [0.25, 0.3) is 0 Å². The van der Waals surface area contributed by atoms with Crippen molar-refractivity contribution in [3.8, 4) is 0 Å². The van der Waals surface area contributed by atoms with Crippen molar-refractivity contribution >= 4 is 11.7 Å². The summed E-state index contributed by atoms with van der Waals surface area (Å²) < 4.78 is 0. The van der Waals surface area contributed by atoms with E-state index in [1.165, 1.54) is 0 Å². The number of carboxylic acid groups (broad SMARTS) is 1. The third kappa shape index (κ3) is 4.06. The second kappa shape index (κ2) is 8.56. The molecule has 1 heterocycles. The highest BCUT2D eigenvalue weighted by atomic mass is 16.4. The van der Waals surface area contributed by atoms with Gasteiger partial charge in [0.05, 0.1) is 5.92 Å². The topological polar surface area (TPSA) is 40.5 Å². The van der Waals surface area contributed by atoms with Crippen molar-refractivity contribution in [2.75, 3.05) is 18.5 Å².